The highest BCUT2D eigenvalue weighted by molar-refractivity contribution is 7.82. The lowest BCUT2D eigenvalue weighted by Crippen LogP contribution is -2.09. The zero-order valence-electron chi connectivity index (χ0n) is 15.8. The smallest absolute Gasteiger partial charge is 0.122 e. The fraction of sp³-hybridized carbons (Fsp3) is 0.318. The number of nitrogens with two attached hydrogens (primary N) is 1. The highest BCUT2D eigenvalue weighted by atomic mass is 32.2. The van der Waals surface area contributed by atoms with E-state index in [1.54, 1.807) is 6.07 Å². The van der Waals surface area contributed by atoms with Crippen molar-refractivity contribution in [3.05, 3.63) is 65.9 Å². The van der Waals surface area contributed by atoms with E-state index >= 15 is 0 Å². The highest BCUT2D eigenvalue weighted by Crippen LogP contribution is 2.35. The minimum absolute atomic E-state index is 0.219. The molecule has 1 saturated carbocycles. The van der Waals surface area contributed by atoms with Crippen molar-refractivity contribution in [2.45, 2.75) is 49.5 Å². The summed E-state index contributed by atoms with van der Waals surface area (Å²) in [6, 6.07) is 17.8. The summed E-state index contributed by atoms with van der Waals surface area (Å²) >= 11 is 0. The monoisotopic (exact) mass is 395 g/mol. The first kappa shape index (κ1) is 19.1. The Morgan fingerprint density at radius 1 is 1.07 bits per heavy atom. The summed E-state index contributed by atoms with van der Waals surface area (Å²) in [6.45, 7) is -0.219. The van der Waals surface area contributed by atoms with Gasteiger partial charge in [-0.25, -0.2) is 14.0 Å². The third-order valence-electron chi connectivity index (χ3n) is 5.50. The predicted octanol–water partition coefficient (Wildman–Crippen LogP) is 4.06. The molecule has 2 aromatic carbocycles. The van der Waals surface area contributed by atoms with Crippen molar-refractivity contribution in [1.29, 1.82) is 0 Å². The normalized spacial score (nSPS) is 16.2. The van der Waals surface area contributed by atoms with Crippen LogP contribution in [0, 0.1) is 0 Å². The van der Waals surface area contributed by atoms with Gasteiger partial charge in [-0.05, 0) is 42.7 Å². The molecule has 3 N–H and O–H groups in total. The molecule has 146 valence electrons. The zero-order chi connectivity index (χ0) is 19.5. The van der Waals surface area contributed by atoms with E-state index in [0.717, 1.165) is 22.6 Å². The topological polar surface area (TPSA) is 81.1 Å². The van der Waals surface area contributed by atoms with Crippen LogP contribution in [-0.4, -0.2) is 19.1 Å². The standard InChI is InChI=1S/C22H25N3O2S/c23-28(27)22-12-11-19(13-18(22)15-26)25-21(17-9-5-2-6-10-17)14-20(24-25)16-7-3-1-4-8-16/h2,5-6,9-14,16,26H,1,3-4,7-8,15,23H2. The molecule has 0 radical (unpaired) electrons. The lowest BCUT2D eigenvalue weighted by Gasteiger charge is -2.19. The Morgan fingerprint density at radius 3 is 2.50 bits per heavy atom. The Hall–Kier alpha value is -2.28. The maximum atomic E-state index is 11.7. The Kier molecular flexibility index (Phi) is 5.71. The van der Waals surface area contributed by atoms with Crippen LogP contribution in [0.2, 0.25) is 0 Å². The number of benzene rings is 2. The summed E-state index contributed by atoms with van der Waals surface area (Å²) in [5, 5.41) is 20.2. The molecule has 3 aromatic rings. The van der Waals surface area contributed by atoms with Gasteiger partial charge in [-0.15, -0.1) is 0 Å². The van der Waals surface area contributed by atoms with Gasteiger partial charge in [-0.3, -0.25) is 0 Å². The summed E-state index contributed by atoms with van der Waals surface area (Å²) in [5.74, 6) is 0.491. The molecule has 0 saturated heterocycles. The Balaban J connectivity index is 1.83. The summed E-state index contributed by atoms with van der Waals surface area (Å²) in [5.41, 5.74) is 4.63. The van der Waals surface area contributed by atoms with E-state index in [2.05, 4.69) is 18.2 Å². The second-order valence-electron chi connectivity index (χ2n) is 7.31. The summed E-state index contributed by atoms with van der Waals surface area (Å²) in [6.07, 6.45) is 6.17. The van der Waals surface area contributed by atoms with Gasteiger partial charge in [-0.2, -0.15) is 5.10 Å². The SMILES string of the molecule is NS(=O)c1ccc(-n2nc(C3CCCCC3)cc2-c2ccccc2)cc1CO. The van der Waals surface area contributed by atoms with Gasteiger partial charge < -0.3 is 5.11 Å². The first-order valence-corrected chi connectivity index (χ1v) is 10.9. The zero-order valence-corrected chi connectivity index (χ0v) is 16.6. The average Bonchev–Trinajstić information content (AvgIpc) is 3.20. The van der Waals surface area contributed by atoms with Crippen molar-refractivity contribution in [2.24, 2.45) is 5.14 Å². The van der Waals surface area contributed by atoms with Gasteiger partial charge in [0, 0.05) is 11.5 Å². The van der Waals surface area contributed by atoms with Crippen molar-refractivity contribution in [3.8, 4) is 16.9 Å². The molecular formula is C22H25N3O2S. The van der Waals surface area contributed by atoms with Crippen LogP contribution in [0.5, 0.6) is 0 Å². The van der Waals surface area contributed by atoms with Gasteiger partial charge in [0.2, 0.25) is 0 Å². The third-order valence-corrected chi connectivity index (χ3v) is 6.33. The molecule has 0 spiro atoms. The van der Waals surface area contributed by atoms with E-state index in [1.807, 2.05) is 35.0 Å². The second-order valence-corrected chi connectivity index (χ2v) is 8.35. The molecule has 0 bridgehead atoms. The quantitative estimate of drug-likeness (QED) is 0.683. The van der Waals surface area contributed by atoms with Crippen LogP contribution in [0.1, 0.15) is 49.3 Å². The van der Waals surface area contributed by atoms with E-state index in [0.29, 0.717) is 16.4 Å². The van der Waals surface area contributed by atoms with Crippen molar-refractivity contribution in [3.63, 3.8) is 0 Å². The molecule has 1 fully saturated rings. The molecule has 1 heterocycles. The van der Waals surface area contributed by atoms with Crippen molar-refractivity contribution in [1.82, 2.24) is 9.78 Å². The molecule has 28 heavy (non-hydrogen) atoms. The first-order valence-electron chi connectivity index (χ1n) is 9.73. The molecule has 1 aliphatic carbocycles. The van der Waals surface area contributed by atoms with E-state index in [9.17, 15) is 9.32 Å². The van der Waals surface area contributed by atoms with Crippen LogP contribution in [0.4, 0.5) is 0 Å². The van der Waals surface area contributed by atoms with Crippen molar-refractivity contribution < 1.29 is 9.32 Å². The minimum Gasteiger partial charge on any atom is -0.392 e. The average molecular weight is 396 g/mol. The maximum absolute atomic E-state index is 11.7. The van der Waals surface area contributed by atoms with Crippen LogP contribution >= 0.6 is 0 Å². The number of hydrogen-bond donors (Lipinski definition) is 2. The van der Waals surface area contributed by atoms with Gasteiger partial charge in [-0.1, -0.05) is 49.6 Å². The molecule has 5 nitrogen and oxygen atoms in total. The molecule has 1 aliphatic rings. The van der Waals surface area contributed by atoms with Gasteiger partial charge in [0.15, 0.2) is 0 Å². The highest BCUT2D eigenvalue weighted by Gasteiger charge is 2.21. The number of rotatable bonds is 5. The Bertz CT molecular complexity index is 979. The van der Waals surface area contributed by atoms with E-state index in [-0.39, 0.29) is 6.61 Å². The summed E-state index contributed by atoms with van der Waals surface area (Å²) < 4.78 is 13.7. The maximum Gasteiger partial charge on any atom is 0.122 e. The van der Waals surface area contributed by atoms with E-state index < -0.39 is 11.0 Å². The Labute approximate surface area is 167 Å². The molecular weight excluding hydrogens is 370 g/mol. The van der Waals surface area contributed by atoms with Crippen LogP contribution in [0.25, 0.3) is 16.9 Å². The van der Waals surface area contributed by atoms with Crippen LogP contribution < -0.4 is 5.14 Å². The fourth-order valence-electron chi connectivity index (χ4n) is 4.03. The van der Waals surface area contributed by atoms with Crippen molar-refractivity contribution >= 4 is 11.0 Å². The van der Waals surface area contributed by atoms with E-state index in [1.165, 1.54) is 32.1 Å². The third kappa shape index (κ3) is 3.81. The molecule has 1 atom stereocenters. The summed E-state index contributed by atoms with van der Waals surface area (Å²) in [4.78, 5) is 0.451. The van der Waals surface area contributed by atoms with Crippen molar-refractivity contribution in [2.75, 3.05) is 0 Å². The van der Waals surface area contributed by atoms with Crippen LogP contribution in [0.3, 0.4) is 0 Å². The van der Waals surface area contributed by atoms with Crippen LogP contribution in [0.15, 0.2) is 59.5 Å². The molecule has 6 heteroatoms. The largest absolute Gasteiger partial charge is 0.392 e. The van der Waals surface area contributed by atoms with Gasteiger partial charge in [0.25, 0.3) is 0 Å². The lowest BCUT2D eigenvalue weighted by molar-refractivity contribution is 0.278. The molecule has 1 aromatic heterocycles. The van der Waals surface area contributed by atoms with E-state index in [4.69, 9.17) is 10.2 Å². The van der Waals surface area contributed by atoms with Gasteiger partial charge >= 0.3 is 0 Å². The first-order chi connectivity index (χ1) is 13.7. The predicted molar refractivity (Wildman–Crippen MR) is 111 cm³/mol. The summed E-state index contributed by atoms with van der Waals surface area (Å²) in [7, 11) is -1.63. The fourth-order valence-corrected chi connectivity index (χ4v) is 4.61. The van der Waals surface area contributed by atoms with Gasteiger partial charge in [0.05, 0.1) is 28.6 Å². The Morgan fingerprint density at radius 2 is 1.82 bits per heavy atom. The number of hydrogen-bond acceptors (Lipinski definition) is 3. The molecule has 4 rings (SSSR count). The van der Waals surface area contributed by atoms with Crippen LogP contribution in [-0.2, 0) is 17.6 Å². The second kappa shape index (κ2) is 8.39. The number of aliphatic hydroxyl groups excluding tert-OH is 1. The molecule has 0 amide bonds. The van der Waals surface area contributed by atoms with Gasteiger partial charge in [0.1, 0.15) is 11.0 Å². The number of aromatic nitrogens is 2. The minimum atomic E-state index is -1.63. The molecule has 0 aliphatic heterocycles. The lowest BCUT2D eigenvalue weighted by atomic mass is 9.87. The molecule has 1 unspecified atom stereocenters. The number of aliphatic hydroxyl groups is 1. The number of nitrogens with zero attached hydrogens (tertiary/aromatic N) is 2.